The van der Waals surface area contributed by atoms with E-state index in [0.29, 0.717) is 12.5 Å². The Morgan fingerprint density at radius 3 is 2.50 bits per heavy atom. The van der Waals surface area contributed by atoms with Gasteiger partial charge in [-0.05, 0) is 43.7 Å². The Labute approximate surface area is 121 Å². The van der Waals surface area contributed by atoms with Crippen LogP contribution in [-0.4, -0.2) is 7.05 Å². The first-order valence-corrected chi connectivity index (χ1v) is 7.05. The Kier molecular flexibility index (Phi) is 4.85. The van der Waals surface area contributed by atoms with Crippen molar-refractivity contribution in [3.8, 4) is 5.75 Å². The molecule has 2 aromatic rings. The Morgan fingerprint density at radius 2 is 1.90 bits per heavy atom. The molecule has 0 aliphatic carbocycles. The van der Waals surface area contributed by atoms with Crippen LogP contribution in [0.25, 0.3) is 0 Å². The third-order valence-electron chi connectivity index (χ3n) is 3.37. The molecule has 108 valence electrons. The zero-order chi connectivity index (χ0) is 14.5. The van der Waals surface area contributed by atoms with Crippen LogP contribution in [0, 0.1) is 6.92 Å². The van der Waals surface area contributed by atoms with Crippen molar-refractivity contribution in [1.82, 2.24) is 5.32 Å². The van der Waals surface area contributed by atoms with Crippen molar-refractivity contribution < 1.29 is 9.15 Å². The lowest BCUT2D eigenvalue weighted by Crippen LogP contribution is -2.04. The van der Waals surface area contributed by atoms with Gasteiger partial charge in [0.25, 0.3) is 0 Å². The summed E-state index contributed by atoms with van der Waals surface area (Å²) in [5.41, 5.74) is 2.50. The van der Waals surface area contributed by atoms with E-state index in [1.165, 1.54) is 11.1 Å². The number of furan rings is 1. The predicted molar refractivity (Wildman–Crippen MR) is 81.1 cm³/mol. The molecule has 0 spiro atoms. The molecule has 0 atom stereocenters. The SMILES string of the molecule is CNCc1cc(COc2ccc(C(C)C)cc2)oc1C. The van der Waals surface area contributed by atoms with E-state index in [0.717, 1.165) is 23.8 Å². The van der Waals surface area contributed by atoms with E-state index in [4.69, 9.17) is 9.15 Å². The molecule has 3 nitrogen and oxygen atoms in total. The van der Waals surface area contributed by atoms with Gasteiger partial charge in [0.2, 0.25) is 0 Å². The van der Waals surface area contributed by atoms with Crippen molar-refractivity contribution in [2.75, 3.05) is 7.05 Å². The van der Waals surface area contributed by atoms with Gasteiger partial charge in [-0.15, -0.1) is 0 Å². The molecular weight excluding hydrogens is 250 g/mol. The Balaban J connectivity index is 1.96. The standard InChI is InChI=1S/C17H23NO2/c1-12(2)14-5-7-16(8-6-14)19-11-17-9-15(10-18-4)13(3)20-17/h5-9,12,18H,10-11H2,1-4H3. The van der Waals surface area contributed by atoms with Crippen LogP contribution in [0.15, 0.2) is 34.7 Å². The number of benzene rings is 1. The summed E-state index contributed by atoms with van der Waals surface area (Å²) < 4.78 is 11.4. The van der Waals surface area contributed by atoms with Crippen LogP contribution in [0.1, 0.15) is 42.4 Å². The van der Waals surface area contributed by atoms with Crippen molar-refractivity contribution in [1.29, 1.82) is 0 Å². The summed E-state index contributed by atoms with van der Waals surface area (Å²) in [5, 5.41) is 3.13. The third kappa shape index (κ3) is 3.64. The zero-order valence-corrected chi connectivity index (χ0v) is 12.7. The summed E-state index contributed by atoms with van der Waals surface area (Å²) in [7, 11) is 1.93. The van der Waals surface area contributed by atoms with Gasteiger partial charge in [0.15, 0.2) is 0 Å². The lowest BCUT2D eigenvalue weighted by Gasteiger charge is -2.07. The smallest absolute Gasteiger partial charge is 0.146 e. The van der Waals surface area contributed by atoms with E-state index in [1.54, 1.807) is 0 Å². The van der Waals surface area contributed by atoms with Gasteiger partial charge in [0, 0.05) is 12.1 Å². The van der Waals surface area contributed by atoms with Gasteiger partial charge in [0.1, 0.15) is 23.9 Å². The first-order chi connectivity index (χ1) is 9.60. The quantitative estimate of drug-likeness (QED) is 0.863. The lowest BCUT2D eigenvalue weighted by atomic mass is 10.0. The Bertz CT molecular complexity index is 541. The minimum Gasteiger partial charge on any atom is -0.486 e. The number of hydrogen-bond donors (Lipinski definition) is 1. The van der Waals surface area contributed by atoms with E-state index in [-0.39, 0.29) is 0 Å². The molecule has 1 aromatic carbocycles. The predicted octanol–water partition coefficient (Wildman–Crippen LogP) is 4.01. The maximum atomic E-state index is 5.76. The highest BCUT2D eigenvalue weighted by Gasteiger charge is 2.07. The Hall–Kier alpha value is -1.74. The lowest BCUT2D eigenvalue weighted by molar-refractivity contribution is 0.267. The van der Waals surface area contributed by atoms with Crippen LogP contribution in [0.2, 0.25) is 0 Å². The number of aryl methyl sites for hydroxylation is 1. The molecule has 0 unspecified atom stereocenters. The van der Waals surface area contributed by atoms with Gasteiger partial charge < -0.3 is 14.5 Å². The van der Waals surface area contributed by atoms with E-state index >= 15 is 0 Å². The van der Waals surface area contributed by atoms with Crippen LogP contribution in [0.4, 0.5) is 0 Å². The maximum Gasteiger partial charge on any atom is 0.146 e. The van der Waals surface area contributed by atoms with Gasteiger partial charge in [-0.1, -0.05) is 26.0 Å². The highest BCUT2D eigenvalue weighted by Crippen LogP contribution is 2.20. The van der Waals surface area contributed by atoms with Crippen molar-refractivity contribution >= 4 is 0 Å². The van der Waals surface area contributed by atoms with Gasteiger partial charge >= 0.3 is 0 Å². The largest absolute Gasteiger partial charge is 0.486 e. The molecule has 0 radical (unpaired) electrons. The molecule has 0 aliphatic rings. The van der Waals surface area contributed by atoms with Gasteiger partial charge in [-0.25, -0.2) is 0 Å². The van der Waals surface area contributed by atoms with Crippen LogP contribution < -0.4 is 10.1 Å². The fourth-order valence-corrected chi connectivity index (χ4v) is 2.13. The molecule has 0 fully saturated rings. The second-order valence-electron chi connectivity index (χ2n) is 5.34. The van der Waals surface area contributed by atoms with Crippen molar-refractivity contribution in [2.24, 2.45) is 0 Å². The molecule has 0 amide bonds. The fraction of sp³-hybridized carbons (Fsp3) is 0.412. The first kappa shape index (κ1) is 14.7. The molecule has 2 rings (SSSR count). The van der Waals surface area contributed by atoms with E-state index in [9.17, 15) is 0 Å². The van der Waals surface area contributed by atoms with E-state index < -0.39 is 0 Å². The molecular formula is C17H23NO2. The van der Waals surface area contributed by atoms with Crippen LogP contribution in [-0.2, 0) is 13.2 Å². The zero-order valence-electron chi connectivity index (χ0n) is 12.7. The minimum absolute atomic E-state index is 0.464. The number of ether oxygens (including phenoxy) is 1. The number of rotatable bonds is 6. The second kappa shape index (κ2) is 6.62. The van der Waals surface area contributed by atoms with E-state index in [2.05, 4.69) is 31.3 Å². The normalized spacial score (nSPS) is 11.1. The third-order valence-corrected chi connectivity index (χ3v) is 3.37. The molecule has 3 heteroatoms. The first-order valence-electron chi connectivity index (χ1n) is 7.05. The average molecular weight is 273 g/mol. The van der Waals surface area contributed by atoms with Gasteiger partial charge in [-0.2, -0.15) is 0 Å². The van der Waals surface area contributed by atoms with E-state index in [1.807, 2.05) is 32.2 Å². The van der Waals surface area contributed by atoms with Crippen molar-refractivity contribution in [2.45, 2.75) is 39.8 Å². The molecule has 0 aliphatic heterocycles. The Morgan fingerprint density at radius 1 is 1.20 bits per heavy atom. The van der Waals surface area contributed by atoms with Gasteiger partial charge in [0.05, 0.1) is 0 Å². The number of nitrogens with one attached hydrogen (secondary N) is 1. The summed E-state index contributed by atoms with van der Waals surface area (Å²) in [6, 6.07) is 10.3. The summed E-state index contributed by atoms with van der Waals surface area (Å²) in [4.78, 5) is 0. The van der Waals surface area contributed by atoms with Crippen LogP contribution in [0.3, 0.4) is 0 Å². The highest BCUT2D eigenvalue weighted by molar-refractivity contribution is 5.29. The topological polar surface area (TPSA) is 34.4 Å². The molecule has 0 saturated heterocycles. The summed E-state index contributed by atoms with van der Waals surface area (Å²) in [5.74, 6) is 3.23. The minimum atomic E-state index is 0.464. The van der Waals surface area contributed by atoms with Crippen LogP contribution in [0.5, 0.6) is 5.75 Å². The second-order valence-corrected chi connectivity index (χ2v) is 5.34. The maximum absolute atomic E-state index is 5.76. The molecule has 1 aromatic heterocycles. The average Bonchev–Trinajstić information content (AvgIpc) is 2.78. The fourth-order valence-electron chi connectivity index (χ4n) is 2.13. The van der Waals surface area contributed by atoms with Crippen molar-refractivity contribution in [3.05, 3.63) is 53.0 Å². The van der Waals surface area contributed by atoms with Crippen molar-refractivity contribution in [3.63, 3.8) is 0 Å². The molecule has 1 N–H and O–H groups in total. The highest BCUT2D eigenvalue weighted by atomic mass is 16.5. The molecule has 0 bridgehead atoms. The molecule has 0 saturated carbocycles. The summed E-state index contributed by atoms with van der Waals surface area (Å²) in [6.45, 7) is 7.63. The van der Waals surface area contributed by atoms with Crippen LogP contribution >= 0.6 is 0 Å². The monoisotopic (exact) mass is 273 g/mol. The molecule has 1 heterocycles. The molecule has 20 heavy (non-hydrogen) atoms. The van der Waals surface area contributed by atoms with Gasteiger partial charge in [-0.3, -0.25) is 0 Å². The number of hydrogen-bond acceptors (Lipinski definition) is 3. The summed E-state index contributed by atoms with van der Waals surface area (Å²) in [6.07, 6.45) is 0. The summed E-state index contributed by atoms with van der Waals surface area (Å²) >= 11 is 0.